The molecular weight excluding hydrogens is 399 g/mol. The standard InChI is InChI=1S/C20H20F3N5O2/c21-20(22,23)13-2-4-17(27-10-13)30-14-5-8-28(11-14)16-3-1-12(9-15(16)18(24)29)19-25-6-7-26-19/h1-4,9-10,14H,5-8,11H2,(H2,24,29)(H,25,26)/t14-/m1/s1. The number of ether oxygens (including phenoxy) is 1. The third-order valence-corrected chi connectivity index (χ3v) is 5.05. The molecule has 1 atom stereocenters. The Balaban J connectivity index is 1.47. The van der Waals surface area contributed by atoms with Crippen molar-refractivity contribution >= 4 is 17.4 Å². The second kappa shape index (κ2) is 7.85. The number of amidine groups is 1. The van der Waals surface area contributed by atoms with Crippen LogP contribution in [0.3, 0.4) is 0 Å². The Hall–Kier alpha value is -3.30. The average molecular weight is 419 g/mol. The maximum absolute atomic E-state index is 12.7. The second-order valence-corrected chi connectivity index (χ2v) is 7.11. The summed E-state index contributed by atoms with van der Waals surface area (Å²) in [7, 11) is 0. The summed E-state index contributed by atoms with van der Waals surface area (Å²) in [5.74, 6) is 0.324. The molecule has 2 aliphatic heterocycles. The van der Waals surface area contributed by atoms with Gasteiger partial charge in [-0.3, -0.25) is 9.79 Å². The fraction of sp³-hybridized carbons (Fsp3) is 0.350. The molecule has 3 heterocycles. The van der Waals surface area contributed by atoms with Crippen LogP contribution in [0.15, 0.2) is 41.5 Å². The lowest BCUT2D eigenvalue weighted by Gasteiger charge is -2.22. The van der Waals surface area contributed by atoms with Crippen molar-refractivity contribution in [2.45, 2.75) is 18.7 Å². The van der Waals surface area contributed by atoms with E-state index < -0.39 is 17.6 Å². The highest BCUT2D eigenvalue weighted by molar-refractivity contribution is 6.05. The van der Waals surface area contributed by atoms with Gasteiger partial charge in [-0.25, -0.2) is 4.98 Å². The third kappa shape index (κ3) is 4.17. The SMILES string of the molecule is NC(=O)c1cc(C2=NCCN2)ccc1N1CC[C@@H](Oc2ccc(C(F)(F)F)cn2)C1. The van der Waals surface area contributed by atoms with E-state index in [-0.39, 0.29) is 12.0 Å². The highest BCUT2D eigenvalue weighted by atomic mass is 19.4. The maximum Gasteiger partial charge on any atom is 0.417 e. The van der Waals surface area contributed by atoms with Gasteiger partial charge in [0.05, 0.1) is 24.2 Å². The van der Waals surface area contributed by atoms with Gasteiger partial charge in [0.25, 0.3) is 5.91 Å². The number of carbonyl (C=O) groups excluding carboxylic acids is 1. The zero-order chi connectivity index (χ0) is 21.3. The minimum atomic E-state index is -4.44. The topological polar surface area (TPSA) is 92.8 Å². The summed E-state index contributed by atoms with van der Waals surface area (Å²) >= 11 is 0. The molecule has 2 aliphatic rings. The molecule has 2 aromatic rings. The molecule has 30 heavy (non-hydrogen) atoms. The first kappa shape index (κ1) is 20.0. The molecule has 7 nitrogen and oxygen atoms in total. The Morgan fingerprint density at radius 2 is 2.10 bits per heavy atom. The largest absolute Gasteiger partial charge is 0.472 e. The highest BCUT2D eigenvalue weighted by Gasteiger charge is 2.31. The molecule has 158 valence electrons. The summed E-state index contributed by atoms with van der Waals surface area (Å²) in [5.41, 5.74) is 6.65. The molecule has 4 rings (SSSR count). The molecule has 10 heteroatoms. The van der Waals surface area contributed by atoms with Crippen LogP contribution < -0.4 is 20.7 Å². The Morgan fingerprint density at radius 3 is 2.73 bits per heavy atom. The minimum Gasteiger partial charge on any atom is -0.472 e. The van der Waals surface area contributed by atoms with Crippen LogP contribution in [-0.4, -0.2) is 49.0 Å². The summed E-state index contributed by atoms with van der Waals surface area (Å²) in [6.07, 6.45) is -3.31. The summed E-state index contributed by atoms with van der Waals surface area (Å²) in [5, 5.41) is 3.16. The van der Waals surface area contributed by atoms with Gasteiger partial charge in [-0.05, 0) is 24.3 Å². The Kier molecular flexibility index (Phi) is 5.23. The van der Waals surface area contributed by atoms with Crippen molar-refractivity contribution in [2.24, 2.45) is 10.7 Å². The summed E-state index contributed by atoms with van der Waals surface area (Å²) < 4.78 is 43.7. The molecular formula is C20H20F3N5O2. The Bertz CT molecular complexity index is 975. The molecule has 0 aliphatic carbocycles. The monoisotopic (exact) mass is 419 g/mol. The minimum absolute atomic E-state index is 0.130. The zero-order valence-corrected chi connectivity index (χ0v) is 15.9. The maximum atomic E-state index is 12.7. The smallest absolute Gasteiger partial charge is 0.417 e. The van der Waals surface area contributed by atoms with Gasteiger partial charge < -0.3 is 20.7 Å². The lowest BCUT2D eigenvalue weighted by atomic mass is 10.1. The molecule has 0 bridgehead atoms. The molecule has 1 fully saturated rings. The van der Waals surface area contributed by atoms with E-state index in [0.29, 0.717) is 37.3 Å². The molecule has 3 N–H and O–H groups in total. The molecule has 0 saturated carbocycles. The first-order chi connectivity index (χ1) is 14.3. The van der Waals surface area contributed by atoms with Gasteiger partial charge in [-0.1, -0.05) is 0 Å². The van der Waals surface area contributed by atoms with Crippen molar-refractivity contribution in [2.75, 3.05) is 31.1 Å². The van der Waals surface area contributed by atoms with Crippen LogP contribution in [0.1, 0.15) is 27.9 Å². The van der Waals surface area contributed by atoms with Crippen molar-refractivity contribution < 1.29 is 22.7 Å². The number of primary amides is 1. The van der Waals surface area contributed by atoms with Crippen molar-refractivity contribution in [1.29, 1.82) is 0 Å². The number of aromatic nitrogens is 1. The van der Waals surface area contributed by atoms with Gasteiger partial charge in [0.1, 0.15) is 11.9 Å². The molecule has 1 amide bonds. The van der Waals surface area contributed by atoms with Crippen LogP contribution in [0.2, 0.25) is 0 Å². The van der Waals surface area contributed by atoms with Crippen molar-refractivity contribution in [3.63, 3.8) is 0 Å². The number of alkyl halides is 3. The lowest BCUT2D eigenvalue weighted by molar-refractivity contribution is -0.137. The van der Waals surface area contributed by atoms with Gasteiger partial charge in [-0.15, -0.1) is 0 Å². The second-order valence-electron chi connectivity index (χ2n) is 7.11. The quantitative estimate of drug-likeness (QED) is 0.775. The Labute approximate surface area is 170 Å². The van der Waals surface area contributed by atoms with E-state index >= 15 is 0 Å². The van der Waals surface area contributed by atoms with E-state index in [1.54, 1.807) is 6.07 Å². The first-order valence-electron chi connectivity index (χ1n) is 9.48. The molecule has 1 aromatic carbocycles. The summed E-state index contributed by atoms with van der Waals surface area (Å²) in [4.78, 5) is 22.1. The van der Waals surface area contributed by atoms with Crippen LogP contribution in [0.5, 0.6) is 5.88 Å². The predicted molar refractivity (Wildman–Crippen MR) is 105 cm³/mol. The van der Waals surface area contributed by atoms with Crippen LogP contribution >= 0.6 is 0 Å². The number of benzene rings is 1. The van der Waals surface area contributed by atoms with Crippen molar-refractivity contribution in [3.8, 4) is 5.88 Å². The number of rotatable bonds is 5. The van der Waals surface area contributed by atoms with Crippen LogP contribution in [0, 0.1) is 0 Å². The van der Waals surface area contributed by atoms with E-state index in [1.165, 1.54) is 6.07 Å². The predicted octanol–water partition coefficient (Wildman–Crippen LogP) is 2.21. The fourth-order valence-corrected chi connectivity index (χ4v) is 3.58. The first-order valence-corrected chi connectivity index (χ1v) is 9.48. The molecule has 1 saturated heterocycles. The number of amides is 1. The van der Waals surface area contributed by atoms with Crippen molar-refractivity contribution in [3.05, 3.63) is 53.2 Å². The van der Waals surface area contributed by atoms with Crippen molar-refractivity contribution in [1.82, 2.24) is 10.3 Å². The third-order valence-electron chi connectivity index (χ3n) is 5.05. The number of nitrogens with two attached hydrogens (primary N) is 1. The van der Waals surface area contributed by atoms with Gasteiger partial charge >= 0.3 is 6.18 Å². The summed E-state index contributed by atoms with van der Waals surface area (Å²) in [6.45, 7) is 2.52. The number of halogens is 3. The van der Waals surface area contributed by atoms with Gasteiger partial charge in [0, 0.05) is 43.0 Å². The number of hydrogen-bond acceptors (Lipinski definition) is 6. The number of aliphatic imine (C=N–C) groups is 1. The van der Waals surface area contributed by atoms with Crippen LogP contribution in [-0.2, 0) is 6.18 Å². The number of nitrogens with one attached hydrogen (secondary N) is 1. The fourth-order valence-electron chi connectivity index (χ4n) is 3.58. The molecule has 0 radical (unpaired) electrons. The molecule has 1 aromatic heterocycles. The summed E-state index contributed by atoms with van der Waals surface area (Å²) in [6, 6.07) is 7.59. The van der Waals surface area contributed by atoms with E-state index in [4.69, 9.17) is 10.5 Å². The van der Waals surface area contributed by atoms with E-state index in [2.05, 4.69) is 15.3 Å². The molecule has 0 unspecified atom stereocenters. The van der Waals surface area contributed by atoms with E-state index in [9.17, 15) is 18.0 Å². The lowest BCUT2D eigenvalue weighted by Crippen LogP contribution is -2.28. The average Bonchev–Trinajstić information content (AvgIpc) is 3.39. The Morgan fingerprint density at radius 1 is 1.27 bits per heavy atom. The van der Waals surface area contributed by atoms with Gasteiger partial charge in [0.15, 0.2) is 0 Å². The van der Waals surface area contributed by atoms with Crippen LogP contribution in [0.4, 0.5) is 18.9 Å². The zero-order valence-electron chi connectivity index (χ0n) is 15.9. The van der Waals surface area contributed by atoms with Gasteiger partial charge in [0.2, 0.25) is 5.88 Å². The van der Waals surface area contributed by atoms with Gasteiger partial charge in [-0.2, -0.15) is 13.2 Å². The number of hydrogen-bond donors (Lipinski definition) is 2. The highest BCUT2D eigenvalue weighted by Crippen LogP contribution is 2.30. The number of carbonyl (C=O) groups is 1. The van der Waals surface area contributed by atoms with E-state index in [0.717, 1.165) is 30.2 Å². The normalized spacial score (nSPS) is 18.8. The number of pyridine rings is 1. The number of nitrogens with zero attached hydrogens (tertiary/aromatic N) is 3. The van der Waals surface area contributed by atoms with Crippen LogP contribution in [0.25, 0.3) is 0 Å². The molecule has 0 spiro atoms. The number of anilines is 1. The van der Waals surface area contributed by atoms with E-state index in [1.807, 2.05) is 17.0 Å².